The average molecular weight is 458 g/mol. The number of halogens is 1. The molecule has 164 valence electrons. The molecule has 0 N–H and O–H groups in total. The Morgan fingerprint density at radius 1 is 1.03 bits per heavy atom. The number of aromatic nitrogens is 2. The van der Waals surface area contributed by atoms with Crippen molar-refractivity contribution in [3.63, 3.8) is 0 Å². The van der Waals surface area contributed by atoms with Crippen molar-refractivity contribution in [2.24, 2.45) is 0 Å². The minimum absolute atomic E-state index is 0.137. The molecule has 3 aromatic rings. The second-order valence-electron chi connectivity index (χ2n) is 8.49. The van der Waals surface area contributed by atoms with Gasteiger partial charge in [-0.05, 0) is 57.1 Å². The summed E-state index contributed by atoms with van der Waals surface area (Å²) in [5.41, 5.74) is 1.84. The van der Waals surface area contributed by atoms with E-state index in [4.69, 9.17) is 11.6 Å². The number of fused-ring (bicyclic) bond motifs is 1. The minimum Gasteiger partial charge on any atom is -0.335 e. The third kappa shape index (κ3) is 4.37. The van der Waals surface area contributed by atoms with Crippen molar-refractivity contribution in [2.45, 2.75) is 19.8 Å². The number of rotatable bonds is 5. The molecule has 0 atom stereocenters. The number of thiophene rings is 1. The molecule has 6 nitrogen and oxygen atoms in total. The van der Waals surface area contributed by atoms with Crippen molar-refractivity contribution < 1.29 is 4.79 Å². The van der Waals surface area contributed by atoms with Crippen molar-refractivity contribution in [1.82, 2.24) is 24.5 Å². The molecule has 0 bridgehead atoms. The smallest absolute Gasteiger partial charge is 0.264 e. The standard InChI is InChI=1S/C23H28ClN5OS/c1-17-20-16-21(31-23(20)29(25-17)19-6-4-5-18(24)15-19)22(30)28-13-11-27(12-14-28)10-9-26-7-2-3-8-26/h4-6,15-16H,2-3,7-14H2,1H3. The van der Waals surface area contributed by atoms with Crippen molar-refractivity contribution in [3.8, 4) is 5.69 Å². The summed E-state index contributed by atoms with van der Waals surface area (Å²) in [6.07, 6.45) is 2.68. The molecule has 2 aliphatic heterocycles. The van der Waals surface area contributed by atoms with Crippen LogP contribution in [0.15, 0.2) is 30.3 Å². The molecule has 0 radical (unpaired) electrons. The second kappa shape index (κ2) is 8.90. The highest BCUT2D eigenvalue weighted by molar-refractivity contribution is 7.20. The van der Waals surface area contributed by atoms with Crippen LogP contribution in [-0.2, 0) is 0 Å². The molecular formula is C23H28ClN5OS. The molecular weight excluding hydrogens is 430 g/mol. The van der Waals surface area contributed by atoms with Gasteiger partial charge in [0.05, 0.1) is 16.3 Å². The topological polar surface area (TPSA) is 44.6 Å². The molecule has 1 amide bonds. The van der Waals surface area contributed by atoms with E-state index in [1.165, 1.54) is 37.3 Å². The maximum atomic E-state index is 13.2. The molecule has 0 spiro atoms. The van der Waals surface area contributed by atoms with Gasteiger partial charge in [-0.3, -0.25) is 9.69 Å². The van der Waals surface area contributed by atoms with Crippen molar-refractivity contribution in [2.75, 3.05) is 52.4 Å². The number of piperazine rings is 1. The number of hydrogen-bond donors (Lipinski definition) is 0. The molecule has 2 aliphatic rings. The lowest BCUT2D eigenvalue weighted by molar-refractivity contribution is 0.0631. The number of aryl methyl sites for hydroxylation is 1. The molecule has 2 fully saturated rings. The SMILES string of the molecule is Cc1nn(-c2cccc(Cl)c2)c2sc(C(=O)N3CCN(CCN4CCCC4)CC3)cc12. The zero-order valence-corrected chi connectivity index (χ0v) is 19.5. The van der Waals surface area contributed by atoms with Gasteiger partial charge in [0.25, 0.3) is 5.91 Å². The van der Waals surface area contributed by atoms with Crippen molar-refractivity contribution >= 4 is 39.1 Å². The van der Waals surface area contributed by atoms with E-state index in [1.807, 2.05) is 46.8 Å². The average Bonchev–Trinajstić information content (AvgIpc) is 3.51. The Morgan fingerprint density at radius 2 is 1.74 bits per heavy atom. The van der Waals surface area contributed by atoms with Gasteiger partial charge in [-0.15, -0.1) is 11.3 Å². The molecule has 4 heterocycles. The fourth-order valence-electron chi connectivity index (χ4n) is 4.55. The Hall–Kier alpha value is -1.93. The number of carbonyl (C=O) groups is 1. The van der Waals surface area contributed by atoms with E-state index in [1.54, 1.807) is 0 Å². The number of amides is 1. The maximum Gasteiger partial charge on any atom is 0.264 e. The quantitative estimate of drug-likeness (QED) is 0.582. The number of benzene rings is 1. The Balaban J connectivity index is 1.27. The predicted octanol–water partition coefficient (Wildman–Crippen LogP) is 3.90. The number of nitrogens with zero attached hydrogens (tertiary/aromatic N) is 5. The summed E-state index contributed by atoms with van der Waals surface area (Å²) in [4.78, 5) is 22.0. The van der Waals surface area contributed by atoms with Crippen molar-refractivity contribution in [1.29, 1.82) is 0 Å². The molecule has 0 saturated carbocycles. The van der Waals surface area contributed by atoms with Crippen LogP contribution in [-0.4, -0.2) is 82.7 Å². The zero-order chi connectivity index (χ0) is 21.4. The van der Waals surface area contributed by atoms with Crippen LogP contribution in [0.25, 0.3) is 15.9 Å². The first-order valence-corrected chi connectivity index (χ1v) is 12.3. The summed E-state index contributed by atoms with van der Waals surface area (Å²) in [5, 5.41) is 6.38. The summed E-state index contributed by atoms with van der Waals surface area (Å²) < 4.78 is 1.90. The van der Waals surface area contributed by atoms with Crippen LogP contribution in [0.3, 0.4) is 0 Å². The van der Waals surface area contributed by atoms with Gasteiger partial charge < -0.3 is 9.80 Å². The van der Waals surface area contributed by atoms with Gasteiger partial charge in [0.15, 0.2) is 0 Å². The first-order chi connectivity index (χ1) is 15.1. The van der Waals surface area contributed by atoms with Crippen LogP contribution < -0.4 is 0 Å². The van der Waals surface area contributed by atoms with Gasteiger partial charge in [-0.1, -0.05) is 17.7 Å². The van der Waals surface area contributed by atoms with Gasteiger partial charge in [0.2, 0.25) is 0 Å². The monoisotopic (exact) mass is 457 g/mol. The third-order valence-electron chi connectivity index (χ3n) is 6.40. The largest absolute Gasteiger partial charge is 0.335 e. The van der Waals surface area contributed by atoms with E-state index in [2.05, 4.69) is 14.9 Å². The Morgan fingerprint density at radius 3 is 2.45 bits per heavy atom. The fourth-order valence-corrected chi connectivity index (χ4v) is 5.89. The summed E-state index contributed by atoms with van der Waals surface area (Å²) in [5.74, 6) is 0.137. The normalized spacial score (nSPS) is 18.3. The molecule has 0 unspecified atom stereocenters. The van der Waals surface area contributed by atoms with E-state index >= 15 is 0 Å². The lowest BCUT2D eigenvalue weighted by Crippen LogP contribution is -2.50. The number of carbonyl (C=O) groups excluding carboxylic acids is 1. The molecule has 8 heteroatoms. The summed E-state index contributed by atoms with van der Waals surface area (Å²) >= 11 is 7.70. The summed E-state index contributed by atoms with van der Waals surface area (Å²) in [6, 6.07) is 9.66. The molecule has 5 rings (SSSR count). The highest BCUT2D eigenvalue weighted by Gasteiger charge is 2.25. The van der Waals surface area contributed by atoms with E-state index in [0.717, 1.165) is 65.7 Å². The van der Waals surface area contributed by atoms with E-state index in [9.17, 15) is 4.79 Å². The van der Waals surface area contributed by atoms with Crippen LogP contribution in [0.2, 0.25) is 5.02 Å². The Kier molecular flexibility index (Phi) is 6.01. The first-order valence-electron chi connectivity index (χ1n) is 11.1. The molecule has 31 heavy (non-hydrogen) atoms. The van der Waals surface area contributed by atoms with E-state index < -0.39 is 0 Å². The summed E-state index contributed by atoms with van der Waals surface area (Å²) in [6.45, 7) is 10.3. The second-order valence-corrected chi connectivity index (χ2v) is 9.96. The lowest BCUT2D eigenvalue weighted by Gasteiger charge is -2.35. The highest BCUT2D eigenvalue weighted by Crippen LogP contribution is 2.31. The molecule has 2 saturated heterocycles. The predicted molar refractivity (Wildman–Crippen MR) is 127 cm³/mol. The third-order valence-corrected chi connectivity index (χ3v) is 7.73. The van der Waals surface area contributed by atoms with Gasteiger partial charge >= 0.3 is 0 Å². The van der Waals surface area contributed by atoms with Crippen LogP contribution in [0, 0.1) is 6.92 Å². The zero-order valence-electron chi connectivity index (χ0n) is 17.9. The van der Waals surface area contributed by atoms with Crippen LogP contribution in [0.5, 0.6) is 0 Å². The first kappa shape index (κ1) is 20.9. The van der Waals surface area contributed by atoms with Gasteiger partial charge in [0, 0.05) is 49.7 Å². The highest BCUT2D eigenvalue weighted by atomic mass is 35.5. The Labute approximate surface area is 192 Å². The number of hydrogen-bond acceptors (Lipinski definition) is 5. The van der Waals surface area contributed by atoms with Crippen molar-refractivity contribution in [3.05, 3.63) is 45.9 Å². The van der Waals surface area contributed by atoms with Gasteiger partial charge in [0.1, 0.15) is 4.83 Å². The minimum atomic E-state index is 0.137. The van der Waals surface area contributed by atoms with Crippen LogP contribution in [0.1, 0.15) is 28.2 Å². The molecule has 1 aromatic carbocycles. The van der Waals surface area contributed by atoms with E-state index in [0.29, 0.717) is 5.02 Å². The lowest BCUT2D eigenvalue weighted by atomic mass is 10.2. The summed E-state index contributed by atoms with van der Waals surface area (Å²) in [7, 11) is 0. The molecule has 2 aromatic heterocycles. The maximum absolute atomic E-state index is 13.2. The fraction of sp³-hybridized carbons (Fsp3) is 0.478. The Bertz CT molecular complexity index is 1080. The van der Waals surface area contributed by atoms with Gasteiger partial charge in [-0.25, -0.2) is 4.68 Å². The van der Waals surface area contributed by atoms with E-state index in [-0.39, 0.29) is 5.91 Å². The van der Waals surface area contributed by atoms with Crippen LogP contribution >= 0.6 is 22.9 Å². The number of likely N-dealkylation sites (tertiary alicyclic amines) is 1. The van der Waals surface area contributed by atoms with Gasteiger partial charge in [-0.2, -0.15) is 5.10 Å². The van der Waals surface area contributed by atoms with Crippen LogP contribution in [0.4, 0.5) is 0 Å². The molecule has 0 aliphatic carbocycles.